The molecule has 0 spiro atoms. The van der Waals surface area contributed by atoms with Crippen LogP contribution in [-0.4, -0.2) is 5.91 Å². The largest absolute Gasteiger partial charge is 0.489 e. The Morgan fingerprint density at radius 1 is 1.04 bits per heavy atom. The smallest absolute Gasteiger partial charge is 0.416 e. The number of amides is 1. The average molecular weight is 393 g/mol. The monoisotopic (exact) mass is 393 g/mol. The van der Waals surface area contributed by atoms with Crippen LogP contribution in [0.3, 0.4) is 0 Å². The third kappa shape index (κ3) is 6.01. The van der Waals surface area contributed by atoms with Crippen molar-refractivity contribution in [2.45, 2.75) is 53.8 Å². The number of aryl methyl sites for hydroxylation is 2. The van der Waals surface area contributed by atoms with Gasteiger partial charge < -0.3 is 10.1 Å². The van der Waals surface area contributed by atoms with Gasteiger partial charge in [-0.2, -0.15) is 13.2 Å². The summed E-state index contributed by atoms with van der Waals surface area (Å²) in [7, 11) is 0. The molecular weight excluding hydrogens is 367 g/mol. The molecule has 0 unspecified atom stereocenters. The second-order valence-corrected chi connectivity index (χ2v) is 8.16. The van der Waals surface area contributed by atoms with Crippen LogP contribution in [0.1, 0.15) is 49.4 Å². The zero-order valence-corrected chi connectivity index (χ0v) is 16.8. The van der Waals surface area contributed by atoms with Gasteiger partial charge in [0.15, 0.2) is 0 Å². The topological polar surface area (TPSA) is 38.3 Å². The molecule has 28 heavy (non-hydrogen) atoms. The first-order valence-electron chi connectivity index (χ1n) is 9.06. The van der Waals surface area contributed by atoms with Gasteiger partial charge >= 0.3 is 6.18 Å². The number of anilines is 1. The summed E-state index contributed by atoms with van der Waals surface area (Å²) >= 11 is 0. The van der Waals surface area contributed by atoms with E-state index in [1.807, 2.05) is 34.6 Å². The highest BCUT2D eigenvalue weighted by Gasteiger charge is 2.33. The quantitative estimate of drug-likeness (QED) is 0.650. The molecular formula is C22H26F3NO2. The van der Waals surface area contributed by atoms with E-state index in [1.54, 1.807) is 18.2 Å². The Bertz CT molecular complexity index is 829. The van der Waals surface area contributed by atoms with E-state index in [0.29, 0.717) is 17.9 Å². The zero-order valence-electron chi connectivity index (χ0n) is 16.8. The molecule has 1 N–H and O–H groups in total. The first kappa shape index (κ1) is 21.8. The van der Waals surface area contributed by atoms with Gasteiger partial charge in [-0.1, -0.05) is 39.0 Å². The molecule has 0 aromatic heterocycles. The first-order valence-corrected chi connectivity index (χ1v) is 9.06. The molecule has 3 nitrogen and oxygen atoms in total. The van der Waals surface area contributed by atoms with Crippen molar-refractivity contribution in [1.82, 2.24) is 0 Å². The minimum atomic E-state index is -4.42. The molecule has 0 radical (unpaired) electrons. The lowest BCUT2D eigenvalue weighted by Crippen LogP contribution is -2.20. The normalized spacial score (nSPS) is 12.0. The van der Waals surface area contributed by atoms with Crippen molar-refractivity contribution in [3.05, 3.63) is 58.7 Å². The Morgan fingerprint density at radius 2 is 1.61 bits per heavy atom. The van der Waals surface area contributed by atoms with Crippen LogP contribution >= 0.6 is 0 Å². The van der Waals surface area contributed by atoms with Crippen LogP contribution in [0, 0.1) is 19.3 Å². The molecule has 2 aromatic rings. The summed E-state index contributed by atoms with van der Waals surface area (Å²) in [5.74, 6) is 0.382. The van der Waals surface area contributed by atoms with Gasteiger partial charge in [-0.15, -0.1) is 0 Å². The number of rotatable bonds is 5. The van der Waals surface area contributed by atoms with Crippen LogP contribution in [0.5, 0.6) is 5.75 Å². The minimum absolute atomic E-state index is 0.0767. The summed E-state index contributed by atoms with van der Waals surface area (Å²) < 4.78 is 44.9. The van der Waals surface area contributed by atoms with Gasteiger partial charge in [0, 0.05) is 17.7 Å². The van der Waals surface area contributed by atoms with Crippen molar-refractivity contribution >= 4 is 11.6 Å². The molecule has 6 heteroatoms. The number of hydrogen-bond donors (Lipinski definition) is 1. The van der Waals surface area contributed by atoms with E-state index in [1.165, 1.54) is 12.1 Å². The Balaban J connectivity index is 2.15. The number of hydrogen-bond acceptors (Lipinski definition) is 2. The molecule has 2 aromatic carbocycles. The van der Waals surface area contributed by atoms with Crippen LogP contribution < -0.4 is 10.1 Å². The number of ether oxygens (including phenoxy) is 1. The molecule has 0 fully saturated rings. The first-order chi connectivity index (χ1) is 12.9. The third-order valence-corrected chi connectivity index (χ3v) is 4.18. The van der Waals surface area contributed by atoms with Gasteiger partial charge in [0.25, 0.3) is 0 Å². The Kier molecular flexibility index (Phi) is 6.42. The molecule has 0 heterocycles. The molecule has 0 aliphatic heterocycles. The molecule has 0 bridgehead atoms. The predicted molar refractivity (Wildman–Crippen MR) is 104 cm³/mol. The van der Waals surface area contributed by atoms with Gasteiger partial charge in [-0.05, 0) is 48.6 Å². The molecule has 152 valence electrons. The van der Waals surface area contributed by atoms with E-state index in [2.05, 4.69) is 5.32 Å². The lowest BCUT2D eigenvalue weighted by Gasteiger charge is -2.19. The molecule has 0 atom stereocenters. The molecule has 0 aliphatic rings. The second-order valence-electron chi connectivity index (χ2n) is 8.16. The minimum Gasteiger partial charge on any atom is -0.489 e. The second kappa shape index (κ2) is 8.25. The third-order valence-electron chi connectivity index (χ3n) is 4.18. The van der Waals surface area contributed by atoms with Crippen molar-refractivity contribution in [2.24, 2.45) is 5.41 Å². The maximum absolute atomic E-state index is 13.1. The average Bonchev–Trinajstić information content (AvgIpc) is 2.54. The number of carbonyl (C=O) groups is 1. The van der Waals surface area contributed by atoms with Crippen LogP contribution in [0.2, 0.25) is 0 Å². The lowest BCUT2D eigenvalue weighted by molar-refractivity contribution is -0.138. The summed E-state index contributed by atoms with van der Waals surface area (Å²) in [6.07, 6.45) is -4.04. The molecule has 0 aliphatic carbocycles. The lowest BCUT2D eigenvalue weighted by atomic mass is 9.92. The van der Waals surface area contributed by atoms with Gasteiger partial charge in [-0.3, -0.25) is 4.79 Å². The Morgan fingerprint density at radius 3 is 2.14 bits per heavy atom. The van der Waals surface area contributed by atoms with E-state index in [9.17, 15) is 18.0 Å². The van der Waals surface area contributed by atoms with E-state index < -0.39 is 11.7 Å². The Labute approximate surface area is 163 Å². The molecule has 1 amide bonds. The SMILES string of the molecule is Cc1cc(OCc2ccccc2C(F)(F)F)cc(C)c1NC(=O)CC(C)(C)C. The predicted octanol–water partition coefficient (Wildman–Crippen LogP) is 6.28. The fourth-order valence-electron chi connectivity index (χ4n) is 2.95. The van der Waals surface area contributed by atoms with Crippen LogP contribution in [0.25, 0.3) is 0 Å². The van der Waals surface area contributed by atoms with Gasteiger partial charge in [0.2, 0.25) is 5.91 Å². The van der Waals surface area contributed by atoms with Crippen LogP contribution in [0.15, 0.2) is 36.4 Å². The molecule has 2 rings (SSSR count). The van der Waals surface area contributed by atoms with E-state index in [4.69, 9.17) is 4.74 Å². The fraction of sp³-hybridized carbons (Fsp3) is 0.409. The summed E-state index contributed by atoms with van der Waals surface area (Å²) in [6, 6.07) is 8.80. The van der Waals surface area contributed by atoms with Crippen molar-refractivity contribution in [2.75, 3.05) is 5.32 Å². The van der Waals surface area contributed by atoms with E-state index in [0.717, 1.165) is 17.2 Å². The summed E-state index contributed by atoms with van der Waals surface area (Å²) in [5, 5.41) is 2.92. The fourth-order valence-corrected chi connectivity index (χ4v) is 2.95. The van der Waals surface area contributed by atoms with Gasteiger partial charge in [0.1, 0.15) is 12.4 Å². The number of halogens is 3. The summed E-state index contributed by atoms with van der Waals surface area (Å²) in [6.45, 7) is 9.43. The molecule has 0 saturated carbocycles. The van der Waals surface area contributed by atoms with Crippen molar-refractivity contribution < 1.29 is 22.7 Å². The number of carbonyl (C=O) groups excluding carboxylic acids is 1. The highest BCUT2D eigenvalue weighted by molar-refractivity contribution is 5.92. The van der Waals surface area contributed by atoms with Crippen LogP contribution in [-0.2, 0) is 17.6 Å². The summed E-state index contributed by atoms with van der Waals surface area (Å²) in [4.78, 5) is 12.2. The Hall–Kier alpha value is -2.50. The van der Waals surface area contributed by atoms with Gasteiger partial charge in [-0.25, -0.2) is 0 Å². The van der Waals surface area contributed by atoms with Gasteiger partial charge in [0.05, 0.1) is 5.56 Å². The highest BCUT2D eigenvalue weighted by atomic mass is 19.4. The van der Waals surface area contributed by atoms with Crippen molar-refractivity contribution in [3.63, 3.8) is 0 Å². The standard InChI is InChI=1S/C22H26F3NO2/c1-14-10-17(11-15(2)20(14)26-19(27)12-21(3,4)5)28-13-16-8-6-7-9-18(16)22(23,24)25/h6-11H,12-13H2,1-5H3,(H,26,27). The van der Waals surface area contributed by atoms with Crippen molar-refractivity contribution in [3.8, 4) is 5.75 Å². The number of benzene rings is 2. The highest BCUT2D eigenvalue weighted by Crippen LogP contribution is 2.33. The number of nitrogens with one attached hydrogen (secondary N) is 1. The van der Waals surface area contributed by atoms with E-state index >= 15 is 0 Å². The van der Waals surface area contributed by atoms with Crippen LogP contribution in [0.4, 0.5) is 18.9 Å². The zero-order chi connectivity index (χ0) is 21.1. The molecule has 0 saturated heterocycles. The summed E-state index contributed by atoms with van der Waals surface area (Å²) in [5.41, 5.74) is 1.54. The van der Waals surface area contributed by atoms with E-state index in [-0.39, 0.29) is 23.5 Å². The van der Waals surface area contributed by atoms with Crippen molar-refractivity contribution in [1.29, 1.82) is 0 Å². The maximum Gasteiger partial charge on any atom is 0.416 e. The number of alkyl halides is 3. The maximum atomic E-state index is 13.1.